The van der Waals surface area contributed by atoms with Gasteiger partial charge >= 0.3 is 0 Å². The van der Waals surface area contributed by atoms with E-state index in [1.807, 2.05) is 32.0 Å². The minimum Gasteiger partial charge on any atom is -0.365 e. The zero-order valence-electron chi connectivity index (χ0n) is 11.4. The zero-order chi connectivity index (χ0) is 13.7. The van der Waals surface area contributed by atoms with Crippen LogP contribution in [0.1, 0.15) is 19.4 Å². The summed E-state index contributed by atoms with van der Waals surface area (Å²) in [4.78, 5) is 4.09. The quantitative estimate of drug-likeness (QED) is 0.803. The largest absolute Gasteiger partial charge is 0.365 e. The van der Waals surface area contributed by atoms with Gasteiger partial charge in [-0.1, -0.05) is 0 Å². The highest BCUT2D eigenvalue weighted by molar-refractivity contribution is 5.51. The third-order valence-electron chi connectivity index (χ3n) is 2.89. The number of hydrogen-bond acceptors (Lipinski definition) is 3. The fourth-order valence-electron chi connectivity index (χ4n) is 2.16. The predicted molar refractivity (Wildman–Crippen MR) is 72.2 cm³/mol. The highest BCUT2D eigenvalue weighted by Crippen LogP contribution is 2.22. The monoisotopic (exact) mass is 249 g/mol. The molecule has 0 radical (unpaired) electrons. The minimum absolute atomic E-state index is 0.215. The van der Waals surface area contributed by atoms with Crippen LogP contribution in [0.2, 0.25) is 0 Å². The first-order valence-corrected chi connectivity index (χ1v) is 6.10. The Hall–Kier alpha value is -1.60. The lowest BCUT2D eigenvalue weighted by Crippen LogP contribution is -2.40. The molecule has 1 aromatic carbocycles. The number of nitriles is 1. The highest BCUT2D eigenvalue weighted by atomic mass is 19.1. The molecule has 0 N–H and O–H groups in total. The average molecular weight is 249 g/mol. The molecule has 0 aliphatic carbocycles. The molecule has 0 amide bonds. The van der Waals surface area contributed by atoms with Crippen molar-refractivity contribution in [2.24, 2.45) is 0 Å². The van der Waals surface area contributed by atoms with Crippen LogP contribution in [0.5, 0.6) is 0 Å². The average Bonchev–Trinajstić information content (AvgIpc) is 2.31. The molecule has 18 heavy (non-hydrogen) atoms. The number of nitrogens with zero attached hydrogens (tertiary/aromatic N) is 3. The maximum Gasteiger partial charge on any atom is 0.147 e. The van der Waals surface area contributed by atoms with Crippen molar-refractivity contribution in [1.29, 1.82) is 5.26 Å². The number of rotatable bonds is 5. The molecular formula is C14H20FN3. The van der Waals surface area contributed by atoms with E-state index in [0.717, 1.165) is 13.1 Å². The van der Waals surface area contributed by atoms with E-state index in [2.05, 4.69) is 11.8 Å². The van der Waals surface area contributed by atoms with Gasteiger partial charge in [-0.25, -0.2) is 4.39 Å². The number of hydrogen-bond donors (Lipinski definition) is 0. The lowest BCUT2D eigenvalue weighted by atomic mass is 10.1. The van der Waals surface area contributed by atoms with E-state index < -0.39 is 0 Å². The minimum atomic E-state index is -0.332. The van der Waals surface area contributed by atoms with Crippen LogP contribution >= 0.6 is 0 Å². The predicted octanol–water partition coefficient (Wildman–Crippen LogP) is 2.47. The van der Waals surface area contributed by atoms with Gasteiger partial charge in [0.15, 0.2) is 0 Å². The molecule has 0 heterocycles. The molecule has 1 rings (SSSR count). The van der Waals surface area contributed by atoms with Gasteiger partial charge in [-0.2, -0.15) is 5.26 Å². The van der Waals surface area contributed by atoms with Gasteiger partial charge in [-0.05, 0) is 46.1 Å². The summed E-state index contributed by atoms with van der Waals surface area (Å²) in [5.74, 6) is -0.332. The molecule has 3 nitrogen and oxygen atoms in total. The second-order valence-corrected chi connectivity index (χ2v) is 4.68. The van der Waals surface area contributed by atoms with Crippen LogP contribution in [0, 0.1) is 17.1 Å². The first-order chi connectivity index (χ1) is 8.49. The van der Waals surface area contributed by atoms with Gasteiger partial charge in [0.25, 0.3) is 0 Å². The molecule has 0 saturated heterocycles. The summed E-state index contributed by atoms with van der Waals surface area (Å²) in [6.45, 7) is 5.66. The Kier molecular flexibility index (Phi) is 5.11. The number of benzene rings is 1. The van der Waals surface area contributed by atoms with Crippen molar-refractivity contribution in [3.05, 3.63) is 29.6 Å². The summed E-state index contributed by atoms with van der Waals surface area (Å²) in [6, 6.07) is 6.79. The van der Waals surface area contributed by atoms with E-state index in [1.165, 1.54) is 6.07 Å². The van der Waals surface area contributed by atoms with Crippen LogP contribution in [0.25, 0.3) is 0 Å². The van der Waals surface area contributed by atoms with Crippen LogP contribution in [-0.2, 0) is 0 Å². The summed E-state index contributed by atoms with van der Waals surface area (Å²) in [6.07, 6.45) is 0. The molecule has 0 spiro atoms. The van der Waals surface area contributed by atoms with Crippen molar-refractivity contribution < 1.29 is 4.39 Å². The van der Waals surface area contributed by atoms with Crippen molar-refractivity contribution in [3.8, 4) is 6.07 Å². The van der Waals surface area contributed by atoms with Gasteiger partial charge in [0, 0.05) is 19.1 Å². The maximum absolute atomic E-state index is 14.0. The van der Waals surface area contributed by atoms with E-state index in [9.17, 15) is 4.39 Å². The fraction of sp³-hybridized carbons (Fsp3) is 0.500. The third kappa shape index (κ3) is 3.44. The van der Waals surface area contributed by atoms with Crippen molar-refractivity contribution in [2.45, 2.75) is 19.9 Å². The lowest BCUT2D eigenvalue weighted by Gasteiger charge is -2.32. The van der Waals surface area contributed by atoms with Gasteiger partial charge in [0.2, 0.25) is 0 Å². The second kappa shape index (κ2) is 6.36. The molecule has 1 unspecified atom stereocenters. The second-order valence-electron chi connectivity index (χ2n) is 4.68. The Morgan fingerprint density at radius 3 is 2.50 bits per heavy atom. The molecule has 0 bridgehead atoms. The van der Waals surface area contributed by atoms with Crippen molar-refractivity contribution in [2.75, 3.05) is 32.1 Å². The molecular weight excluding hydrogens is 229 g/mol. The molecule has 98 valence electrons. The molecule has 0 saturated carbocycles. The van der Waals surface area contributed by atoms with Crippen molar-refractivity contribution in [3.63, 3.8) is 0 Å². The van der Waals surface area contributed by atoms with Crippen LogP contribution in [-0.4, -0.2) is 38.1 Å². The van der Waals surface area contributed by atoms with Gasteiger partial charge in [0.05, 0.1) is 17.3 Å². The topological polar surface area (TPSA) is 30.3 Å². The molecule has 4 heteroatoms. The maximum atomic E-state index is 14.0. The van der Waals surface area contributed by atoms with E-state index >= 15 is 0 Å². The zero-order valence-corrected chi connectivity index (χ0v) is 11.4. The summed E-state index contributed by atoms with van der Waals surface area (Å²) in [5, 5.41) is 8.74. The highest BCUT2D eigenvalue weighted by Gasteiger charge is 2.17. The van der Waals surface area contributed by atoms with Gasteiger partial charge in [-0.3, -0.25) is 0 Å². The third-order valence-corrected chi connectivity index (χ3v) is 2.89. The first-order valence-electron chi connectivity index (χ1n) is 6.10. The molecule has 1 atom stereocenters. The van der Waals surface area contributed by atoms with Gasteiger partial charge in [0.1, 0.15) is 5.82 Å². The van der Waals surface area contributed by atoms with Crippen LogP contribution in [0.4, 0.5) is 10.1 Å². The lowest BCUT2D eigenvalue weighted by molar-refractivity contribution is 0.371. The van der Waals surface area contributed by atoms with Gasteiger partial charge in [-0.15, -0.1) is 0 Å². The molecule has 0 aliphatic rings. The van der Waals surface area contributed by atoms with Crippen LogP contribution in [0.3, 0.4) is 0 Å². The molecule has 0 aromatic heterocycles. The van der Waals surface area contributed by atoms with Crippen molar-refractivity contribution in [1.82, 2.24) is 4.90 Å². The Morgan fingerprint density at radius 2 is 2.06 bits per heavy atom. The van der Waals surface area contributed by atoms with E-state index in [4.69, 9.17) is 5.26 Å². The molecule has 0 fully saturated rings. The first kappa shape index (κ1) is 14.5. The van der Waals surface area contributed by atoms with Crippen LogP contribution in [0.15, 0.2) is 18.2 Å². The Bertz CT molecular complexity index is 437. The van der Waals surface area contributed by atoms with E-state index in [1.54, 1.807) is 12.1 Å². The normalized spacial score (nSPS) is 12.3. The van der Waals surface area contributed by atoms with Crippen LogP contribution < -0.4 is 4.90 Å². The smallest absolute Gasteiger partial charge is 0.147 e. The Morgan fingerprint density at radius 1 is 1.39 bits per heavy atom. The van der Waals surface area contributed by atoms with Crippen molar-refractivity contribution >= 4 is 5.69 Å². The molecule has 1 aromatic rings. The van der Waals surface area contributed by atoms with E-state index in [-0.39, 0.29) is 11.9 Å². The summed E-state index contributed by atoms with van der Waals surface area (Å²) in [5.41, 5.74) is 0.915. The SMILES string of the molecule is CCN(c1ccc(C#N)cc1F)C(C)CN(C)C. The Labute approximate surface area is 108 Å². The molecule has 0 aliphatic heterocycles. The van der Waals surface area contributed by atoms with Gasteiger partial charge < -0.3 is 9.80 Å². The standard InChI is InChI=1S/C14H20FN3/c1-5-18(11(2)10-17(3)4)14-7-6-12(9-16)8-13(14)15/h6-8,11H,5,10H2,1-4H3. The fourth-order valence-corrected chi connectivity index (χ4v) is 2.16. The summed E-state index contributed by atoms with van der Waals surface area (Å²) in [7, 11) is 4.00. The summed E-state index contributed by atoms with van der Waals surface area (Å²) < 4.78 is 14.0. The number of halogens is 1. The number of anilines is 1. The van der Waals surface area contributed by atoms with E-state index in [0.29, 0.717) is 11.3 Å². The number of likely N-dealkylation sites (N-methyl/N-ethyl adjacent to an activating group) is 2. The Balaban J connectivity index is 2.99. The summed E-state index contributed by atoms with van der Waals surface area (Å²) >= 11 is 0.